The van der Waals surface area contributed by atoms with Crippen LogP contribution in [0.2, 0.25) is 0 Å². The number of rotatable bonds is 8. The zero-order valence-corrected chi connectivity index (χ0v) is 16.5. The van der Waals surface area contributed by atoms with Crippen LogP contribution in [0.5, 0.6) is 5.75 Å². The van der Waals surface area contributed by atoms with Gasteiger partial charge in [0.15, 0.2) is 6.61 Å². The first-order chi connectivity index (χ1) is 14.6. The van der Waals surface area contributed by atoms with Gasteiger partial charge in [-0.25, -0.2) is 0 Å². The number of carbonyl (C=O) groups excluding carboxylic acids is 3. The summed E-state index contributed by atoms with van der Waals surface area (Å²) in [5.74, 6) is -0.933. The van der Waals surface area contributed by atoms with Gasteiger partial charge in [-0.3, -0.25) is 14.4 Å². The first-order valence-corrected chi connectivity index (χ1v) is 9.69. The lowest BCUT2D eigenvalue weighted by atomic mass is 10.1. The third-order valence-corrected chi connectivity index (χ3v) is 4.44. The molecule has 158 valence electrons. The van der Waals surface area contributed by atoms with Crippen molar-refractivity contribution in [3.63, 3.8) is 0 Å². The summed E-state index contributed by atoms with van der Waals surface area (Å²) in [6.45, 7) is 1.17. The van der Waals surface area contributed by atoms with Gasteiger partial charge in [-0.1, -0.05) is 48.5 Å². The number of morpholine rings is 1. The highest BCUT2D eigenvalue weighted by molar-refractivity contribution is 5.87. The molecule has 0 unspecified atom stereocenters. The minimum atomic E-state index is -1.07. The lowest BCUT2D eigenvalue weighted by Crippen LogP contribution is -2.44. The molecule has 2 aromatic carbocycles. The molecule has 2 amide bonds. The van der Waals surface area contributed by atoms with Gasteiger partial charge in [0.25, 0.3) is 11.8 Å². The van der Waals surface area contributed by atoms with E-state index >= 15 is 0 Å². The Hall–Kier alpha value is -3.39. The SMILES string of the molecule is O=C(COc1ccccc1)NCC(=O)O[C@@H](C(=O)N1CCOCC1)c1ccccc1. The number of ether oxygens (including phenoxy) is 3. The number of hydrogen-bond donors (Lipinski definition) is 1. The van der Waals surface area contributed by atoms with Crippen molar-refractivity contribution in [1.29, 1.82) is 0 Å². The number of nitrogens with one attached hydrogen (secondary N) is 1. The van der Waals surface area contributed by atoms with Crippen molar-refractivity contribution in [1.82, 2.24) is 10.2 Å². The molecular formula is C22H24N2O6. The molecular weight excluding hydrogens is 388 g/mol. The van der Waals surface area contributed by atoms with Crippen molar-refractivity contribution >= 4 is 17.8 Å². The fraction of sp³-hybridized carbons (Fsp3) is 0.318. The second-order valence-corrected chi connectivity index (χ2v) is 6.60. The Labute approximate surface area is 174 Å². The van der Waals surface area contributed by atoms with Gasteiger partial charge in [-0.2, -0.15) is 0 Å². The summed E-state index contributed by atoms with van der Waals surface area (Å²) in [6.07, 6.45) is -1.07. The van der Waals surface area contributed by atoms with Crippen molar-refractivity contribution < 1.29 is 28.6 Å². The van der Waals surface area contributed by atoms with Crippen molar-refractivity contribution in [2.24, 2.45) is 0 Å². The molecule has 1 saturated heterocycles. The molecule has 3 rings (SSSR count). The number of hydrogen-bond acceptors (Lipinski definition) is 6. The first kappa shape index (κ1) is 21.3. The first-order valence-electron chi connectivity index (χ1n) is 9.69. The van der Waals surface area contributed by atoms with Crippen LogP contribution in [0.15, 0.2) is 60.7 Å². The number of nitrogens with zero attached hydrogens (tertiary/aromatic N) is 1. The van der Waals surface area contributed by atoms with Crippen LogP contribution >= 0.6 is 0 Å². The smallest absolute Gasteiger partial charge is 0.326 e. The zero-order chi connectivity index (χ0) is 21.2. The van der Waals surface area contributed by atoms with E-state index in [9.17, 15) is 14.4 Å². The van der Waals surface area contributed by atoms with E-state index in [4.69, 9.17) is 14.2 Å². The predicted octanol–water partition coefficient (Wildman–Crippen LogP) is 1.32. The van der Waals surface area contributed by atoms with Gasteiger partial charge >= 0.3 is 5.97 Å². The van der Waals surface area contributed by atoms with Crippen LogP contribution in [0, 0.1) is 0 Å². The van der Waals surface area contributed by atoms with Crippen molar-refractivity contribution in [3.8, 4) is 5.75 Å². The lowest BCUT2D eigenvalue weighted by molar-refractivity contribution is -0.162. The molecule has 0 aromatic heterocycles. The normalized spacial score (nSPS) is 14.5. The molecule has 0 saturated carbocycles. The maximum absolute atomic E-state index is 12.9. The fourth-order valence-electron chi connectivity index (χ4n) is 2.90. The summed E-state index contributed by atoms with van der Waals surface area (Å²) < 4.78 is 16.0. The Kier molecular flexibility index (Phi) is 7.79. The molecule has 1 atom stereocenters. The van der Waals surface area contributed by atoms with E-state index in [0.29, 0.717) is 37.6 Å². The highest BCUT2D eigenvalue weighted by Crippen LogP contribution is 2.21. The Morgan fingerprint density at radius 2 is 1.60 bits per heavy atom. The maximum atomic E-state index is 12.9. The van der Waals surface area contributed by atoms with Crippen LogP contribution in [0.1, 0.15) is 11.7 Å². The summed E-state index contributed by atoms with van der Waals surface area (Å²) in [4.78, 5) is 38.8. The molecule has 2 aromatic rings. The predicted molar refractivity (Wildman–Crippen MR) is 108 cm³/mol. The van der Waals surface area contributed by atoms with E-state index in [2.05, 4.69) is 5.32 Å². The highest BCUT2D eigenvalue weighted by atomic mass is 16.5. The molecule has 8 heteroatoms. The van der Waals surface area contributed by atoms with Crippen LogP contribution < -0.4 is 10.1 Å². The summed E-state index contributed by atoms with van der Waals surface area (Å²) in [5.41, 5.74) is 0.570. The van der Waals surface area contributed by atoms with Crippen molar-refractivity contribution in [2.45, 2.75) is 6.10 Å². The second-order valence-electron chi connectivity index (χ2n) is 6.60. The van der Waals surface area contributed by atoms with Crippen LogP contribution in [0.25, 0.3) is 0 Å². The van der Waals surface area contributed by atoms with Gasteiger partial charge in [-0.15, -0.1) is 0 Å². The maximum Gasteiger partial charge on any atom is 0.326 e. The number of para-hydroxylation sites is 1. The zero-order valence-electron chi connectivity index (χ0n) is 16.5. The number of carbonyl (C=O) groups is 3. The fourth-order valence-corrected chi connectivity index (χ4v) is 2.90. The van der Waals surface area contributed by atoms with Crippen LogP contribution in [0.3, 0.4) is 0 Å². The largest absolute Gasteiger partial charge is 0.484 e. The van der Waals surface area contributed by atoms with Crippen molar-refractivity contribution in [3.05, 3.63) is 66.2 Å². The van der Waals surface area contributed by atoms with Gasteiger partial charge in [0.2, 0.25) is 6.10 Å². The molecule has 1 heterocycles. The number of amides is 2. The monoisotopic (exact) mass is 412 g/mol. The van der Waals surface area contributed by atoms with Crippen LogP contribution in [-0.2, 0) is 23.9 Å². The Bertz CT molecular complexity index is 837. The molecule has 0 bridgehead atoms. The molecule has 0 aliphatic carbocycles. The van der Waals surface area contributed by atoms with Gasteiger partial charge in [0.05, 0.1) is 13.2 Å². The minimum absolute atomic E-state index is 0.230. The highest BCUT2D eigenvalue weighted by Gasteiger charge is 2.30. The summed E-state index contributed by atoms with van der Waals surface area (Å²) in [7, 11) is 0. The second kappa shape index (κ2) is 11.0. The third-order valence-electron chi connectivity index (χ3n) is 4.44. The minimum Gasteiger partial charge on any atom is -0.484 e. The van der Waals surface area contributed by atoms with E-state index in [1.807, 2.05) is 12.1 Å². The molecule has 30 heavy (non-hydrogen) atoms. The lowest BCUT2D eigenvalue weighted by Gasteiger charge is -2.30. The van der Waals surface area contributed by atoms with Gasteiger partial charge in [-0.05, 0) is 12.1 Å². The van der Waals surface area contributed by atoms with Gasteiger partial charge in [0.1, 0.15) is 12.3 Å². The van der Waals surface area contributed by atoms with E-state index in [-0.39, 0.29) is 19.1 Å². The van der Waals surface area contributed by atoms with Crippen LogP contribution in [0.4, 0.5) is 0 Å². The van der Waals surface area contributed by atoms with Crippen molar-refractivity contribution in [2.75, 3.05) is 39.5 Å². The summed E-state index contributed by atoms with van der Waals surface area (Å²) >= 11 is 0. The molecule has 1 aliphatic heterocycles. The molecule has 0 spiro atoms. The Balaban J connectivity index is 1.53. The van der Waals surface area contributed by atoms with E-state index < -0.39 is 18.0 Å². The number of esters is 1. The van der Waals surface area contributed by atoms with Gasteiger partial charge in [0, 0.05) is 18.7 Å². The van der Waals surface area contributed by atoms with E-state index in [1.54, 1.807) is 53.4 Å². The topological polar surface area (TPSA) is 94.2 Å². The van der Waals surface area contributed by atoms with E-state index in [0.717, 1.165) is 0 Å². The molecule has 1 fully saturated rings. The summed E-state index contributed by atoms with van der Waals surface area (Å²) in [5, 5.41) is 2.44. The average molecular weight is 412 g/mol. The standard InChI is InChI=1S/C22H24N2O6/c25-19(16-29-18-9-5-2-6-10-18)23-15-20(26)30-21(17-7-3-1-4-8-17)22(27)24-11-13-28-14-12-24/h1-10,21H,11-16H2,(H,23,25)/t21-/m1/s1. The molecule has 1 aliphatic rings. The van der Waals surface area contributed by atoms with Gasteiger partial charge < -0.3 is 24.4 Å². The Morgan fingerprint density at radius 3 is 2.27 bits per heavy atom. The molecule has 8 nitrogen and oxygen atoms in total. The Morgan fingerprint density at radius 1 is 0.967 bits per heavy atom. The van der Waals surface area contributed by atoms with Crippen LogP contribution in [-0.4, -0.2) is 62.1 Å². The third kappa shape index (κ3) is 6.31. The quantitative estimate of drug-likeness (QED) is 0.658. The molecule has 1 N–H and O–H groups in total. The summed E-state index contributed by atoms with van der Waals surface area (Å²) in [6, 6.07) is 17.7. The average Bonchev–Trinajstić information content (AvgIpc) is 2.81. The number of benzene rings is 2. The van der Waals surface area contributed by atoms with E-state index in [1.165, 1.54) is 0 Å². The molecule has 0 radical (unpaired) electrons.